The summed E-state index contributed by atoms with van der Waals surface area (Å²) in [5, 5.41) is 13.4. The van der Waals surface area contributed by atoms with Gasteiger partial charge in [-0.05, 0) is 23.6 Å². The van der Waals surface area contributed by atoms with Crippen molar-refractivity contribution in [3.05, 3.63) is 59.4 Å². The van der Waals surface area contributed by atoms with Crippen LogP contribution in [0.15, 0.2) is 42.6 Å². The predicted molar refractivity (Wildman–Crippen MR) is 89.4 cm³/mol. The number of pyridine rings is 1. The Morgan fingerprint density at radius 1 is 1.30 bits per heavy atom. The molecule has 5 heteroatoms. The van der Waals surface area contributed by atoms with E-state index in [0.29, 0.717) is 13.0 Å². The molecule has 5 nitrogen and oxygen atoms in total. The highest BCUT2D eigenvalue weighted by molar-refractivity contribution is 5.83. The first kappa shape index (κ1) is 15.1. The van der Waals surface area contributed by atoms with Crippen LogP contribution in [0.4, 0.5) is 0 Å². The van der Waals surface area contributed by atoms with E-state index < -0.39 is 0 Å². The third-order valence-corrected chi connectivity index (χ3v) is 3.80. The van der Waals surface area contributed by atoms with Crippen LogP contribution in [0.2, 0.25) is 0 Å². The van der Waals surface area contributed by atoms with Crippen LogP contribution in [0.1, 0.15) is 23.7 Å². The summed E-state index contributed by atoms with van der Waals surface area (Å²) in [5.74, 6) is 0.0963. The number of hydrogen-bond acceptors (Lipinski definition) is 3. The van der Waals surface area contributed by atoms with E-state index in [-0.39, 0.29) is 11.7 Å². The van der Waals surface area contributed by atoms with Gasteiger partial charge in [-0.15, -0.1) is 0 Å². The first-order valence-electron chi connectivity index (χ1n) is 7.60. The van der Waals surface area contributed by atoms with Crippen molar-refractivity contribution < 1.29 is 9.90 Å². The SMILES string of the molecule is CC(=O)NCCc1c(Cc2ccccc2)[nH]c2ncc(O)cc12. The zero-order valence-electron chi connectivity index (χ0n) is 13.0. The van der Waals surface area contributed by atoms with E-state index in [1.165, 1.54) is 18.7 Å². The van der Waals surface area contributed by atoms with Crippen molar-refractivity contribution in [3.63, 3.8) is 0 Å². The molecule has 23 heavy (non-hydrogen) atoms. The molecule has 0 unspecified atom stereocenters. The summed E-state index contributed by atoms with van der Waals surface area (Å²) in [4.78, 5) is 18.7. The van der Waals surface area contributed by atoms with Crippen molar-refractivity contribution in [2.45, 2.75) is 19.8 Å². The third kappa shape index (κ3) is 3.51. The zero-order valence-corrected chi connectivity index (χ0v) is 13.0. The lowest BCUT2D eigenvalue weighted by atomic mass is 10.0. The van der Waals surface area contributed by atoms with Crippen LogP contribution in [-0.4, -0.2) is 27.5 Å². The van der Waals surface area contributed by atoms with Crippen molar-refractivity contribution in [1.29, 1.82) is 0 Å². The van der Waals surface area contributed by atoms with Gasteiger partial charge in [0.25, 0.3) is 0 Å². The summed E-state index contributed by atoms with van der Waals surface area (Å²) >= 11 is 0. The summed E-state index contributed by atoms with van der Waals surface area (Å²) in [6.45, 7) is 2.06. The molecule has 0 saturated heterocycles. The van der Waals surface area contributed by atoms with E-state index in [1.807, 2.05) is 18.2 Å². The fourth-order valence-corrected chi connectivity index (χ4v) is 2.76. The molecule has 0 radical (unpaired) electrons. The maximum absolute atomic E-state index is 11.1. The highest BCUT2D eigenvalue weighted by atomic mass is 16.3. The Morgan fingerprint density at radius 2 is 2.09 bits per heavy atom. The van der Waals surface area contributed by atoms with Crippen LogP contribution in [0.3, 0.4) is 0 Å². The summed E-state index contributed by atoms with van der Waals surface area (Å²) in [6.07, 6.45) is 2.88. The number of hydrogen-bond donors (Lipinski definition) is 3. The molecule has 0 aliphatic heterocycles. The maximum Gasteiger partial charge on any atom is 0.216 e. The van der Waals surface area contributed by atoms with E-state index in [0.717, 1.165) is 28.7 Å². The standard InChI is InChI=1S/C18H19N3O2/c1-12(22)19-8-7-15-16-10-14(23)11-20-18(16)21-17(15)9-13-5-3-2-4-6-13/h2-6,10-11,23H,7-9H2,1H3,(H,19,22)(H,20,21). The van der Waals surface area contributed by atoms with E-state index in [4.69, 9.17) is 0 Å². The monoisotopic (exact) mass is 309 g/mol. The fourth-order valence-electron chi connectivity index (χ4n) is 2.76. The van der Waals surface area contributed by atoms with Gasteiger partial charge in [0.05, 0.1) is 6.20 Å². The summed E-state index contributed by atoms with van der Waals surface area (Å²) in [5.41, 5.74) is 4.10. The van der Waals surface area contributed by atoms with Gasteiger partial charge < -0.3 is 15.4 Å². The van der Waals surface area contributed by atoms with Crippen LogP contribution in [0.5, 0.6) is 5.75 Å². The van der Waals surface area contributed by atoms with E-state index >= 15 is 0 Å². The van der Waals surface area contributed by atoms with Gasteiger partial charge >= 0.3 is 0 Å². The number of nitrogens with zero attached hydrogens (tertiary/aromatic N) is 1. The van der Waals surface area contributed by atoms with Gasteiger partial charge in [0.1, 0.15) is 11.4 Å². The molecule has 0 bridgehead atoms. The first-order chi connectivity index (χ1) is 11.1. The fraction of sp³-hybridized carbons (Fsp3) is 0.222. The van der Waals surface area contributed by atoms with Crippen LogP contribution < -0.4 is 5.32 Å². The molecule has 0 spiro atoms. The highest BCUT2D eigenvalue weighted by Crippen LogP contribution is 2.26. The second-order valence-electron chi connectivity index (χ2n) is 5.57. The molecule has 0 aliphatic carbocycles. The number of aromatic amines is 1. The van der Waals surface area contributed by atoms with E-state index in [1.54, 1.807) is 6.07 Å². The number of aromatic hydroxyl groups is 1. The van der Waals surface area contributed by atoms with Gasteiger partial charge in [-0.3, -0.25) is 4.79 Å². The Labute approximate surface area is 134 Å². The Hall–Kier alpha value is -2.82. The van der Waals surface area contributed by atoms with Crippen molar-refractivity contribution in [2.75, 3.05) is 6.54 Å². The molecule has 1 amide bonds. The maximum atomic E-state index is 11.1. The van der Waals surface area contributed by atoms with Gasteiger partial charge in [0, 0.05) is 31.0 Å². The molecule has 2 heterocycles. The Morgan fingerprint density at radius 3 is 2.83 bits per heavy atom. The van der Waals surface area contributed by atoms with Crippen LogP contribution in [0.25, 0.3) is 11.0 Å². The summed E-state index contributed by atoms with van der Waals surface area (Å²) < 4.78 is 0. The zero-order chi connectivity index (χ0) is 16.2. The molecular formula is C18H19N3O2. The second kappa shape index (κ2) is 6.52. The van der Waals surface area contributed by atoms with Gasteiger partial charge in [0.15, 0.2) is 0 Å². The van der Waals surface area contributed by atoms with Crippen LogP contribution in [-0.2, 0) is 17.6 Å². The molecule has 0 aliphatic rings. The van der Waals surface area contributed by atoms with Crippen LogP contribution >= 0.6 is 0 Å². The number of rotatable bonds is 5. The molecular weight excluding hydrogens is 290 g/mol. The number of aromatic nitrogens is 2. The lowest BCUT2D eigenvalue weighted by Crippen LogP contribution is -2.22. The Bertz CT molecular complexity index is 825. The minimum atomic E-state index is -0.0459. The lowest BCUT2D eigenvalue weighted by Gasteiger charge is -2.06. The van der Waals surface area contributed by atoms with Crippen LogP contribution in [0, 0.1) is 0 Å². The molecule has 3 rings (SSSR count). The van der Waals surface area contributed by atoms with Crippen molar-refractivity contribution in [2.24, 2.45) is 0 Å². The van der Waals surface area contributed by atoms with Crippen molar-refractivity contribution in [1.82, 2.24) is 15.3 Å². The normalized spacial score (nSPS) is 10.8. The molecule has 3 N–H and O–H groups in total. The van der Waals surface area contributed by atoms with Gasteiger partial charge in [-0.1, -0.05) is 30.3 Å². The highest BCUT2D eigenvalue weighted by Gasteiger charge is 2.13. The number of carbonyl (C=O) groups is 1. The minimum absolute atomic E-state index is 0.0459. The Balaban J connectivity index is 1.96. The topological polar surface area (TPSA) is 78.0 Å². The minimum Gasteiger partial charge on any atom is -0.506 e. The van der Waals surface area contributed by atoms with E-state index in [9.17, 15) is 9.90 Å². The van der Waals surface area contributed by atoms with Crippen molar-refractivity contribution in [3.8, 4) is 5.75 Å². The smallest absolute Gasteiger partial charge is 0.216 e. The first-order valence-corrected chi connectivity index (χ1v) is 7.60. The lowest BCUT2D eigenvalue weighted by molar-refractivity contribution is -0.118. The third-order valence-electron chi connectivity index (χ3n) is 3.80. The predicted octanol–water partition coefficient (Wildman–Crippen LogP) is 2.54. The molecule has 0 saturated carbocycles. The number of nitrogens with one attached hydrogen (secondary N) is 2. The van der Waals surface area contributed by atoms with Crippen molar-refractivity contribution >= 4 is 16.9 Å². The Kier molecular flexibility index (Phi) is 4.28. The number of amides is 1. The average molecular weight is 309 g/mol. The number of carbonyl (C=O) groups excluding carboxylic acids is 1. The molecule has 1 aromatic carbocycles. The number of H-pyrrole nitrogens is 1. The number of fused-ring (bicyclic) bond motifs is 1. The summed E-state index contributed by atoms with van der Waals surface area (Å²) in [7, 11) is 0. The quantitative estimate of drug-likeness (QED) is 0.678. The number of benzene rings is 1. The summed E-state index contributed by atoms with van der Waals surface area (Å²) in [6, 6.07) is 11.9. The molecule has 0 atom stereocenters. The molecule has 2 aromatic heterocycles. The average Bonchev–Trinajstić information content (AvgIpc) is 2.85. The van der Waals surface area contributed by atoms with E-state index in [2.05, 4.69) is 27.4 Å². The van der Waals surface area contributed by atoms with Gasteiger partial charge in [-0.25, -0.2) is 4.98 Å². The molecule has 118 valence electrons. The molecule has 0 fully saturated rings. The molecule has 3 aromatic rings. The van der Waals surface area contributed by atoms with Gasteiger partial charge in [-0.2, -0.15) is 0 Å². The largest absolute Gasteiger partial charge is 0.506 e. The van der Waals surface area contributed by atoms with Gasteiger partial charge in [0.2, 0.25) is 5.91 Å². The second-order valence-corrected chi connectivity index (χ2v) is 5.57.